The van der Waals surface area contributed by atoms with Gasteiger partial charge in [0.1, 0.15) is 0 Å². The number of aromatic nitrogens is 1. The van der Waals surface area contributed by atoms with Crippen LogP contribution >= 0.6 is 0 Å². The van der Waals surface area contributed by atoms with Crippen molar-refractivity contribution >= 4 is 11.6 Å². The van der Waals surface area contributed by atoms with Gasteiger partial charge in [-0.05, 0) is 18.2 Å². The average molecular weight is 262 g/mol. The maximum absolute atomic E-state index is 13.3. The number of amides is 1. The molecule has 1 aromatic heterocycles. The van der Waals surface area contributed by atoms with Gasteiger partial charge in [0.15, 0.2) is 17.3 Å². The Bertz CT molecular complexity index is 617. The van der Waals surface area contributed by atoms with Crippen LogP contribution in [0.2, 0.25) is 0 Å². The maximum Gasteiger partial charge on any atom is 0.258 e. The summed E-state index contributed by atoms with van der Waals surface area (Å²) >= 11 is 0. The number of carbonyl (C=O) groups is 1. The van der Waals surface area contributed by atoms with Crippen molar-refractivity contribution in [1.29, 1.82) is 0 Å². The van der Waals surface area contributed by atoms with Gasteiger partial charge in [-0.25, -0.2) is 4.39 Å². The first-order valence-corrected chi connectivity index (χ1v) is 5.39. The predicted octanol–water partition coefficient (Wildman–Crippen LogP) is 2.19. The van der Waals surface area contributed by atoms with E-state index in [9.17, 15) is 14.3 Å². The normalized spacial score (nSPS) is 10.0. The van der Waals surface area contributed by atoms with E-state index < -0.39 is 11.7 Å². The lowest BCUT2D eigenvalue weighted by molar-refractivity contribution is 0.102. The molecule has 98 valence electrons. The highest BCUT2D eigenvalue weighted by Gasteiger charge is 2.12. The molecule has 0 fully saturated rings. The fourth-order valence-electron chi connectivity index (χ4n) is 1.53. The molecule has 0 bridgehead atoms. The zero-order valence-electron chi connectivity index (χ0n) is 10.1. The largest absolute Gasteiger partial charge is 0.504 e. The van der Waals surface area contributed by atoms with Crippen molar-refractivity contribution in [1.82, 2.24) is 4.98 Å². The molecule has 0 atom stereocenters. The lowest BCUT2D eigenvalue weighted by Gasteiger charge is -2.08. The molecule has 0 aliphatic rings. The van der Waals surface area contributed by atoms with Crippen molar-refractivity contribution in [2.24, 2.45) is 0 Å². The summed E-state index contributed by atoms with van der Waals surface area (Å²) in [6, 6.07) is 5.62. The minimum absolute atomic E-state index is 0.115. The highest BCUT2D eigenvalue weighted by atomic mass is 19.1. The average Bonchev–Trinajstić information content (AvgIpc) is 2.39. The van der Waals surface area contributed by atoms with Crippen molar-refractivity contribution in [3.8, 4) is 11.5 Å². The lowest BCUT2D eigenvalue weighted by atomic mass is 10.2. The summed E-state index contributed by atoms with van der Waals surface area (Å²) in [7, 11) is 1.42. The summed E-state index contributed by atoms with van der Waals surface area (Å²) in [4.78, 5) is 15.4. The molecule has 0 radical (unpaired) electrons. The number of halogens is 1. The number of benzene rings is 1. The van der Waals surface area contributed by atoms with Crippen LogP contribution in [-0.4, -0.2) is 23.1 Å². The van der Waals surface area contributed by atoms with E-state index in [2.05, 4.69) is 10.3 Å². The molecule has 0 saturated carbocycles. The lowest BCUT2D eigenvalue weighted by Crippen LogP contribution is -2.13. The van der Waals surface area contributed by atoms with E-state index >= 15 is 0 Å². The van der Waals surface area contributed by atoms with Gasteiger partial charge in [0.2, 0.25) is 0 Å². The number of pyridine rings is 1. The summed E-state index contributed by atoms with van der Waals surface area (Å²) in [6.07, 6.45) is 2.28. The fourth-order valence-corrected chi connectivity index (χ4v) is 1.53. The molecule has 2 rings (SSSR count). The van der Waals surface area contributed by atoms with Crippen LogP contribution in [0.15, 0.2) is 36.7 Å². The minimum atomic E-state index is -0.710. The number of phenols is 1. The van der Waals surface area contributed by atoms with Crippen LogP contribution in [0.4, 0.5) is 10.1 Å². The van der Waals surface area contributed by atoms with E-state index in [1.165, 1.54) is 37.6 Å². The highest BCUT2D eigenvalue weighted by Crippen LogP contribution is 2.28. The molecule has 6 heteroatoms. The third kappa shape index (κ3) is 2.79. The molecule has 1 heterocycles. The van der Waals surface area contributed by atoms with Crippen LogP contribution < -0.4 is 10.1 Å². The second-order valence-electron chi connectivity index (χ2n) is 3.70. The van der Waals surface area contributed by atoms with E-state index in [4.69, 9.17) is 4.74 Å². The van der Waals surface area contributed by atoms with Crippen LogP contribution in [-0.2, 0) is 0 Å². The third-order valence-electron chi connectivity index (χ3n) is 2.45. The van der Waals surface area contributed by atoms with Crippen molar-refractivity contribution < 1.29 is 19.0 Å². The van der Waals surface area contributed by atoms with E-state index in [0.29, 0.717) is 5.69 Å². The predicted molar refractivity (Wildman–Crippen MR) is 66.8 cm³/mol. The molecule has 1 amide bonds. The number of hydrogen-bond donors (Lipinski definition) is 2. The fraction of sp³-hybridized carbons (Fsp3) is 0.0769. The number of nitrogens with zero attached hydrogens (tertiary/aromatic N) is 1. The van der Waals surface area contributed by atoms with Gasteiger partial charge in [0.25, 0.3) is 5.91 Å². The SMILES string of the molecule is COc1ccc(NC(=O)c2ccncc2F)cc1O. The number of aromatic hydroxyl groups is 1. The van der Waals surface area contributed by atoms with E-state index in [0.717, 1.165) is 6.20 Å². The van der Waals surface area contributed by atoms with Crippen LogP contribution in [0, 0.1) is 5.82 Å². The Morgan fingerprint density at radius 3 is 2.84 bits per heavy atom. The number of phenolic OH excluding ortho intramolecular Hbond substituents is 1. The number of anilines is 1. The van der Waals surface area contributed by atoms with Crippen molar-refractivity contribution in [2.45, 2.75) is 0 Å². The van der Waals surface area contributed by atoms with E-state index in [1.54, 1.807) is 0 Å². The van der Waals surface area contributed by atoms with Crippen molar-refractivity contribution in [3.05, 3.63) is 48.0 Å². The first kappa shape index (κ1) is 12.8. The molecule has 0 saturated heterocycles. The molecule has 5 nitrogen and oxygen atoms in total. The van der Waals surface area contributed by atoms with Gasteiger partial charge in [0.05, 0.1) is 18.9 Å². The highest BCUT2D eigenvalue weighted by molar-refractivity contribution is 6.04. The molecular weight excluding hydrogens is 251 g/mol. The summed E-state index contributed by atoms with van der Waals surface area (Å²) in [5.74, 6) is -1.16. The van der Waals surface area contributed by atoms with Gasteiger partial charge < -0.3 is 15.2 Å². The number of methoxy groups -OCH3 is 1. The zero-order valence-corrected chi connectivity index (χ0v) is 10.1. The summed E-state index contributed by atoms with van der Waals surface area (Å²) in [5.41, 5.74) is 0.213. The van der Waals surface area contributed by atoms with Crippen molar-refractivity contribution in [3.63, 3.8) is 0 Å². The molecule has 2 N–H and O–H groups in total. The molecular formula is C13H11FN2O3. The minimum Gasteiger partial charge on any atom is -0.504 e. The van der Waals surface area contributed by atoms with Gasteiger partial charge >= 0.3 is 0 Å². The van der Waals surface area contributed by atoms with Gasteiger partial charge in [-0.2, -0.15) is 0 Å². The Kier molecular flexibility index (Phi) is 3.61. The second-order valence-corrected chi connectivity index (χ2v) is 3.70. The monoisotopic (exact) mass is 262 g/mol. The van der Waals surface area contributed by atoms with Crippen LogP contribution in [0.1, 0.15) is 10.4 Å². The number of ether oxygens (including phenoxy) is 1. The Morgan fingerprint density at radius 1 is 1.42 bits per heavy atom. The number of carbonyl (C=O) groups excluding carboxylic acids is 1. The van der Waals surface area contributed by atoms with Crippen LogP contribution in [0.3, 0.4) is 0 Å². The molecule has 0 aliphatic heterocycles. The number of hydrogen-bond acceptors (Lipinski definition) is 4. The maximum atomic E-state index is 13.3. The summed E-state index contributed by atoms with van der Waals surface area (Å²) in [5, 5.41) is 12.0. The topological polar surface area (TPSA) is 71.5 Å². The van der Waals surface area contributed by atoms with Gasteiger partial charge in [0, 0.05) is 18.0 Å². The number of nitrogens with one attached hydrogen (secondary N) is 1. The van der Waals surface area contributed by atoms with Gasteiger partial charge in [-0.15, -0.1) is 0 Å². The van der Waals surface area contributed by atoms with Crippen LogP contribution in [0.5, 0.6) is 11.5 Å². The quantitative estimate of drug-likeness (QED) is 0.889. The van der Waals surface area contributed by atoms with Crippen molar-refractivity contribution in [2.75, 3.05) is 12.4 Å². The standard InChI is InChI=1S/C13H11FN2O3/c1-19-12-3-2-8(6-11(12)17)16-13(18)9-4-5-15-7-10(9)14/h2-7,17H,1H3,(H,16,18). The second kappa shape index (κ2) is 5.34. The molecule has 0 spiro atoms. The molecule has 2 aromatic rings. The third-order valence-corrected chi connectivity index (χ3v) is 2.45. The Labute approximate surface area is 108 Å². The Morgan fingerprint density at radius 2 is 2.21 bits per heavy atom. The summed E-state index contributed by atoms with van der Waals surface area (Å²) < 4.78 is 18.2. The van der Waals surface area contributed by atoms with Gasteiger partial charge in [-0.1, -0.05) is 0 Å². The first-order chi connectivity index (χ1) is 9.11. The Hall–Kier alpha value is -2.63. The zero-order chi connectivity index (χ0) is 13.8. The number of rotatable bonds is 3. The first-order valence-electron chi connectivity index (χ1n) is 5.39. The van der Waals surface area contributed by atoms with E-state index in [-0.39, 0.29) is 17.1 Å². The van der Waals surface area contributed by atoms with E-state index in [1.807, 2.05) is 0 Å². The molecule has 1 aromatic carbocycles. The molecule has 0 aliphatic carbocycles. The molecule has 19 heavy (non-hydrogen) atoms. The van der Waals surface area contributed by atoms with Crippen LogP contribution in [0.25, 0.3) is 0 Å². The molecule has 0 unspecified atom stereocenters. The summed E-state index contributed by atoms with van der Waals surface area (Å²) in [6.45, 7) is 0. The Balaban J connectivity index is 2.20. The smallest absolute Gasteiger partial charge is 0.258 e. The van der Waals surface area contributed by atoms with Gasteiger partial charge in [-0.3, -0.25) is 9.78 Å².